The first-order valence-corrected chi connectivity index (χ1v) is 5.95. The van der Waals surface area contributed by atoms with Gasteiger partial charge in [0.2, 0.25) is 5.91 Å². The summed E-state index contributed by atoms with van der Waals surface area (Å²) in [6.07, 6.45) is 5.09. The van der Waals surface area contributed by atoms with E-state index in [1.165, 1.54) is 0 Å². The first-order valence-electron chi connectivity index (χ1n) is 5.95. The van der Waals surface area contributed by atoms with Crippen LogP contribution in [0.2, 0.25) is 0 Å². The van der Waals surface area contributed by atoms with Gasteiger partial charge in [-0.2, -0.15) is 0 Å². The molecule has 0 saturated carbocycles. The van der Waals surface area contributed by atoms with Crippen molar-refractivity contribution in [3.05, 3.63) is 12.7 Å². The Morgan fingerprint density at radius 2 is 2.44 bits per heavy atom. The summed E-state index contributed by atoms with van der Waals surface area (Å²) in [5.74, 6) is 0.446. The van der Waals surface area contributed by atoms with Gasteiger partial charge in [0.1, 0.15) is 0 Å². The zero-order valence-corrected chi connectivity index (χ0v) is 9.77. The van der Waals surface area contributed by atoms with Crippen LogP contribution in [-0.2, 0) is 4.79 Å². The van der Waals surface area contributed by atoms with Gasteiger partial charge >= 0.3 is 0 Å². The Balaban J connectivity index is 2.46. The first kappa shape index (κ1) is 13.2. The van der Waals surface area contributed by atoms with E-state index in [9.17, 15) is 4.79 Å². The SMILES string of the molecule is C=CCC(N)C(=O)N1CCCC(CCO)C1. The summed E-state index contributed by atoms with van der Waals surface area (Å²) in [4.78, 5) is 13.8. The molecular weight excluding hydrogens is 204 g/mol. The van der Waals surface area contributed by atoms with Crippen LogP contribution < -0.4 is 5.73 Å². The summed E-state index contributed by atoms with van der Waals surface area (Å²) in [7, 11) is 0. The molecule has 2 atom stereocenters. The Bertz CT molecular complexity index is 241. The van der Waals surface area contributed by atoms with E-state index in [0.29, 0.717) is 12.3 Å². The van der Waals surface area contributed by atoms with Crippen LogP contribution >= 0.6 is 0 Å². The molecule has 0 spiro atoms. The van der Waals surface area contributed by atoms with Gasteiger partial charge in [-0.25, -0.2) is 0 Å². The van der Waals surface area contributed by atoms with Gasteiger partial charge in [0.25, 0.3) is 0 Å². The molecule has 1 saturated heterocycles. The van der Waals surface area contributed by atoms with Crippen molar-refractivity contribution in [2.75, 3.05) is 19.7 Å². The number of rotatable bonds is 5. The smallest absolute Gasteiger partial charge is 0.239 e. The summed E-state index contributed by atoms with van der Waals surface area (Å²) in [5.41, 5.74) is 5.77. The normalized spacial score (nSPS) is 22.9. The van der Waals surface area contributed by atoms with E-state index in [-0.39, 0.29) is 12.5 Å². The van der Waals surface area contributed by atoms with E-state index in [0.717, 1.165) is 32.4 Å². The third-order valence-electron chi connectivity index (χ3n) is 3.11. The van der Waals surface area contributed by atoms with E-state index in [4.69, 9.17) is 10.8 Å². The van der Waals surface area contributed by atoms with Crippen molar-refractivity contribution in [2.45, 2.75) is 31.7 Å². The number of carbonyl (C=O) groups excluding carboxylic acids is 1. The molecule has 4 heteroatoms. The van der Waals surface area contributed by atoms with Gasteiger partial charge < -0.3 is 15.7 Å². The van der Waals surface area contributed by atoms with Crippen molar-refractivity contribution in [1.29, 1.82) is 0 Å². The minimum absolute atomic E-state index is 0.0162. The number of likely N-dealkylation sites (tertiary alicyclic amines) is 1. The van der Waals surface area contributed by atoms with Gasteiger partial charge in [0.15, 0.2) is 0 Å². The van der Waals surface area contributed by atoms with Crippen LogP contribution in [0.15, 0.2) is 12.7 Å². The van der Waals surface area contributed by atoms with Crippen molar-refractivity contribution < 1.29 is 9.90 Å². The lowest BCUT2D eigenvalue weighted by atomic mass is 9.94. The third-order valence-corrected chi connectivity index (χ3v) is 3.11. The number of aliphatic hydroxyl groups is 1. The van der Waals surface area contributed by atoms with Gasteiger partial charge in [-0.1, -0.05) is 6.08 Å². The monoisotopic (exact) mass is 226 g/mol. The number of nitrogens with zero attached hydrogens (tertiary/aromatic N) is 1. The minimum atomic E-state index is -0.453. The predicted molar refractivity (Wildman–Crippen MR) is 63.8 cm³/mol. The van der Waals surface area contributed by atoms with Gasteiger partial charge in [-0.3, -0.25) is 4.79 Å². The minimum Gasteiger partial charge on any atom is -0.396 e. The van der Waals surface area contributed by atoms with Crippen molar-refractivity contribution in [3.63, 3.8) is 0 Å². The predicted octanol–water partition coefficient (Wildman–Crippen LogP) is 0.511. The zero-order valence-electron chi connectivity index (χ0n) is 9.77. The van der Waals surface area contributed by atoms with Crippen LogP contribution in [-0.4, -0.2) is 41.7 Å². The Morgan fingerprint density at radius 3 is 3.06 bits per heavy atom. The van der Waals surface area contributed by atoms with E-state index in [1.54, 1.807) is 6.08 Å². The summed E-state index contributed by atoms with van der Waals surface area (Å²) in [5, 5.41) is 8.90. The van der Waals surface area contributed by atoms with Crippen LogP contribution in [0.4, 0.5) is 0 Å². The Morgan fingerprint density at radius 1 is 1.69 bits per heavy atom. The average molecular weight is 226 g/mol. The average Bonchev–Trinajstić information content (AvgIpc) is 2.29. The second kappa shape index (κ2) is 6.66. The summed E-state index contributed by atoms with van der Waals surface area (Å²) in [6.45, 7) is 5.33. The van der Waals surface area contributed by atoms with Crippen molar-refractivity contribution in [2.24, 2.45) is 11.7 Å². The second-order valence-corrected chi connectivity index (χ2v) is 4.44. The molecule has 0 aromatic heterocycles. The molecule has 0 radical (unpaired) electrons. The number of piperidine rings is 1. The number of carbonyl (C=O) groups is 1. The Kier molecular flexibility index (Phi) is 5.49. The van der Waals surface area contributed by atoms with E-state index in [1.807, 2.05) is 4.90 Å². The van der Waals surface area contributed by atoms with Gasteiger partial charge in [-0.15, -0.1) is 6.58 Å². The van der Waals surface area contributed by atoms with Crippen LogP contribution in [0.3, 0.4) is 0 Å². The van der Waals surface area contributed by atoms with Crippen LogP contribution in [0.5, 0.6) is 0 Å². The molecular formula is C12H22N2O2. The maximum atomic E-state index is 11.9. The van der Waals surface area contributed by atoms with Crippen molar-refractivity contribution in [3.8, 4) is 0 Å². The molecule has 92 valence electrons. The molecule has 1 heterocycles. The number of hydrogen-bond acceptors (Lipinski definition) is 3. The maximum absolute atomic E-state index is 11.9. The molecule has 0 aromatic rings. The van der Waals surface area contributed by atoms with Crippen LogP contribution in [0.25, 0.3) is 0 Å². The number of hydrogen-bond donors (Lipinski definition) is 2. The molecule has 1 amide bonds. The lowest BCUT2D eigenvalue weighted by Gasteiger charge is -2.34. The number of nitrogens with two attached hydrogens (primary N) is 1. The molecule has 3 N–H and O–H groups in total. The van der Waals surface area contributed by atoms with E-state index in [2.05, 4.69) is 6.58 Å². The highest BCUT2D eigenvalue weighted by molar-refractivity contribution is 5.81. The molecule has 0 aliphatic carbocycles. The summed E-state index contributed by atoms with van der Waals surface area (Å²) in [6, 6.07) is -0.453. The largest absolute Gasteiger partial charge is 0.396 e. The molecule has 1 aliphatic heterocycles. The van der Waals surface area contributed by atoms with Gasteiger partial charge in [-0.05, 0) is 31.6 Å². The quantitative estimate of drug-likeness (QED) is 0.671. The lowest BCUT2D eigenvalue weighted by Crippen LogP contribution is -2.47. The fourth-order valence-electron chi connectivity index (χ4n) is 2.20. The zero-order chi connectivity index (χ0) is 12.0. The van der Waals surface area contributed by atoms with Crippen molar-refractivity contribution >= 4 is 5.91 Å². The topological polar surface area (TPSA) is 66.6 Å². The molecule has 4 nitrogen and oxygen atoms in total. The second-order valence-electron chi connectivity index (χ2n) is 4.44. The Labute approximate surface area is 97.1 Å². The summed E-state index contributed by atoms with van der Waals surface area (Å²) < 4.78 is 0. The van der Waals surface area contributed by atoms with E-state index >= 15 is 0 Å². The molecule has 2 unspecified atom stereocenters. The van der Waals surface area contributed by atoms with Crippen LogP contribution in [0, 0.1) is 5.92 Å². The molecule has 1 aliphatic rings. The van der Waals surface area contributed by atoms with Gasteiger partial charge in [0, 0.05) is 19.7 Å². The molecule has 16 heavy (non-hydrogen) atoms. The fraction of sp³-hybridized carbons (Fsp3) is 0.750. The number of aliphatic hydroxyl groups excluding tert-OH is 1. The highest BCUT2D eigenvalue weighted by atomic mass is 16.3. The molecule has 0 bridgehead atoms. The first-order chi connectivity index (χ1) is 7.69. The number of amides is 1. The highest BCUT2D eigenvalue weighted by Crippen LogP contribution is 2.19. The maximum Gasteiger partial charge on any atom is 0.239 e. The highest BCUT2D eigenvalue weighted by Gasteiger charge is 2.26. The Hall–Kier alpha value is -0.870. The van der Waals surface area contributed by atoms with Crippen molar-refractivity contribution in [1.82, 2.24) is 4.90 Å². The fourth-order valence-corrected chi connectivity index (χ4v) is 2.20. The molecule has 1 fully saturated rings. The third kappa shape index (κ3) is 3.61. The van der Waals surface area contributed by atoms with E-state index < -0.39 is 6.04 Å². The van der Waals surface area contributed by atoms with Crippen LogP contribution in [0.1, 0.15) is 25.7 Å². The van der Waals surface area contributed by atoms with Gasteiger partial charge in [0.05, 0.1) is 6.04 Å². The summed E-state index contributed by atoms with van der Waals surface area (Å²) >= 11 is 0. The molecule has 1 rings (SSSR count). The lowest BCUT2D eigenvalue weighted by molar-refractivity contribution is -0.134. The molecule has 0 aromatic carbocycles. The standard InChI is InChI=1S/C12H22N2O2/c1-2-4-11(13)12(16)14-7-3-5-10(9-14)6-8-15/h2,10-11,15H,1,3-9,13H2.